The van der Waals surface area contributed by atoms with Crippen LogP contribution in [0.25, 0.3) is 0 Å². The summed E-state index contributed by atoms with van der Waals surface area (Å²) in [6.45, 7) is 6.89. The number of carboxylic acids is 1. The van der Waals surface area contributed by atoms with Crippen molar-refractivity contribution >= 4 is 5.97 Å². The Morgan fingerprint density at radius 1 is 0.931 bits per heavy atom. The summed E-state index contributed by atoms with van der Waals surface area (Å²) in [6.07, 6.45) is 5.87. The molecule has 0 amide bonds. The number of aliphatic hydroxyl groups is 3. The SMILES string of the molecule is C[C@@H](CCC(=O)O)[C@H]1CC[C@@H]2[C@H]3[C@@H](O)[C@@H](O)[C@H]4C[C@H](O)CC[C@]4(C)[C@@H]3CC[C@@]21C. The molecule has 4 saturated carbocycles. The van der Waals surface area contributed by atoms with E-state index in [-0.39, 0.29) is 35.2 Å². The third kappa shape index (κ3) is 3.27. The number of carbonyl (C=O) groups is 1. The van der Waals surface area contributed by atoms with Crippen LogP contribution in [-0.4, -0.2) is 44.7 Å². The molecule has 166 valence electrons. The molecule has 0 bridgehead atoms. The van der Waals surface area contributed by atoms with E-state index in [1.165, 1.54) is 0 Å². The van der Waals surface area contributed by atoms with Gasteiger partial charge in [-0.3, -0.25) is 4.79 Å². The van der Waals surface area contributed by atoms with Gasteiger partial charge in [-0.25, -0.2) is 0 Å². The Hall–Kier alpha value is -0.650. The molecule has 0 spiro atoms. The second kappa shape index (κ2) is 7.49. The number of aliphatic carboxylic acids is 1. The predicted molar refractivity (Wildman–Crippen MR) is 110 cm³/mol. The van der Waals surface area contributed by atoms with Crippen molar-refractivity contribution in [2.24, 2.45) is 46.3 Å². The van der Waals surface area contributed by atoms with Crippen LogP contribution in [0.1, 0.15) is 78.6 Å². The normalized spacial score (nSPS) is 52.9. The molecule has 5 heteroatoms. The van der Waals surface area contributed by atoms with Gasteiger partial charge in [0.25, 0.3) is 0 Å². The van der Waals surface area contributed by atoms with E-state index in [1.54, 1.807) is 0 Å². The molecule has 29 heavy (non-hydrogen) atoms. The highest BCUT2D eigenvalue weighted by molar-refractivity contribution is 5.66. The summed E-state index contributed by atoms with van der Waals surface area (Å²) < 4.78 is 0. The predicted octanol–water partition coefficient (Wildman–Crippen LogP) is 3.45. The molecule has 4 aliphatic rings. The van der Waals surface area contributed by atoms with Crippen molar-refractivity contribution < 1.29 is 25.2 Å². The summed E-state index contributed by atoms with van der Waals surface area (Å²) in [4.78, 5) is 11.1. The smallest absolute Gasteiger partial charge is 0.303 e. The van der Waals surface area contributed by atoms with Gasteiger partial charge in [0, 0.05) is 6.42 Å². The number of hydrogen-bond acceptors (Lipinski definition) is 4. The van der Waals surface area contributed by atoms with E-state index >= 15 is 0 Å². The van der Waals surface area contributed by atoms with Crippen LogP contribution in [0.4, 0.5) is 0 Å². The first-order chi connectivity index (χ1) is 13.6. The van der Waals surface area contributed by atoms with Crippen LogP contribution >= 0.6 is 0 Å². The van der Waals surface area contributed by atoms with Gasteiger partial charge in [-0.2, -0.15) is 0 Å². The zero-order valence-corrected chi connectivity index (χ0v) is 18.3. The minimum atomic E-state index is -0.748. The topological polar surface area (TPSA) is 98.0 Å². The summed E-state index contributed by atoms with van der Waals surface area (Å²) in [7, 11) is 0. The lowest BCUT2D eigenvalue weighted by atomic mass is 9.43. The summed E-state index contributed by atoms with van der Waals surface area (Å²) in [5, 5.41) is 41.7. The molecule has 4 rings (SSSR count). The maximum absolute atomic E-state index is 11.3. The van der Waals surface area contributed by atoms with Crippen LogP contribution in [0.15, 0.2) is 0 Å². The fourth-order valence-electron chi connectivity index (χ4n) is 8.77. The highest BCUT2D eigenvalue weighted by atomic mass is 16.4. The maximum atomic E-state index is 11.3. The number of hydrogen-bond donors (Lipinski definition) is 4. The Kier molecular flexibility index (Phi) is 5.57. The van der Waals surface area contributed by atoms with E-state index in [4.69, 9.17) is 5.11 Å². The quantitative estimate of drug-likeness (QED) is 0.571. The largest absolute Gasteiger partial charge is 0.481 e. The zero-order chi connectivity index (χ0) is 21.1. The number of rotatable bonds is 4. The second-order valence-electron chi connectivity index (χ2n) is 11.5. The average Bonchev–Trinajstić information content (AvgIpc) is 3.02. The van der Waals surface area contributed by atoms with E-state index in [9.17, 15) is 20.1 Å². The van der Waals surface area contributed by atoms with Crippen LogP contribution in [0.3, 0.4) is 0 Å². The van der Waals surface area contributed by atoms with Crippen molar-refractivity contribution in [1.29, 1.82) is 0 Å². The molecule has 4 N–H and O–H groups in total. The first-order valence-corrected chi connectivity index (χ1v) is 11.9. The van der Waals surface area contributed by atoms with Gasteiger partial charge in [0.1, 0.15) is 0 Å². The molecule has 5 nitrogen and oxygen atoms in total. The zero-order valence-electron chi connectivity index (χ0n) is 18.3. The number of carboxylic acid groups (broad SMARTS) is 1. The Morgan fingerprint density at radius 2 is 1.59 bits per heavy atom. The molecule has 0 unspecified atom stereocenters. The Morgan fingerprint density at radius 3 is 2.28 bits per heavy atom. The number of fused-ring (bicyclic) bond motifs is 5. The monoisotopic (exact) mass is 408 g/mol. The molecular formula is C24H40O5. The van der Waals surface area contributed by atoms with Crippen LogP contribution in [0.2, 0.25) is 0 Å². The molecule has 0 heterocycles. The van der Waals surface area contributed by atoms with Crippen LogP contribution in [0, 0.1) is 46.3 Å². The Balaban J connectivity index is 1.59. The van der Waals surface area contributed by atoms with Crippen molar-refractivity contribution in [2.75, 3.05) is 0 Å². The molecule has 11 atom stereocenters. The van der Waals surface area contributed by atoms with Crippen molar-refractivity contribution in [1.82, 2.24) is 0 Å². The summed E-state index contributed by atoms with van der Waals surface area (Å²) in [5.74, 6) is 1.06. The lowest BCUT2D eigenvalue weighted by Gasteiger charge is -2.63. The molecule has 4 fully saturated rings. The van der Waals surface area contributed by atoms with Gasteiger partial charge in [-0.15, -0.1) is 0 Å². The fraction of sp³-hybridized carbons (Fsp3) is 0.958. The second-order valence-corrected chi connectivity index (χ2v) is 11.5. The van der Waals surface area contributed by atoms with Crippen LogP contribution in [-0.2, 0) is 4.79 Å². The van der Waals surface area contributed by atoms with E-state index in [0.717, 1.165) is 44.9 Å². The minimum absolute atomic E-state index is 0.00309. The van der Waals surface area contributed by atoms with Gasteiger partial charge in [0.2, 0.25) is 0 Å². The standard InChI is InChI=1S/C24H40O5/c1-13(4-7-19(26)27)15-5-6-16-20-17(9-11-23(15,16)2)24(3)10-8-14(25)12-18(24)21(28)22(20)29/h13-18,20-22,25,28-29H,4-12H2,1-3H3,(H,26,27)/t13-,14+,15+,16+,17+,18+,20+,21-,22+,23+,24+/m0/s1. The molecule has 0 aromatic carbocycles. The van der Waals surface area contributed by atoms with Crippen molar-refractivity contribution in [3.05, 3.63) is 0 Å². The molecule has 4 aliphatic carbocycles. The average molecular weight is 409 g/mol. The van der Waals surface area contributed by atoms with Gasteiger partial charge in [0.05, 0.1) is 18.3 Å². The van der Waals surface area contributed by atoms with Gasteiger partial charge in [0.15, 0.2) is 0 Å². The molecule has 0 aromatic rings. The maximum Gasteiger partial charge on any atom is 0.303 e. The first kappa shape index (κ1) is 21.6. The molecule has 0 aromatic heterocycles. The molecule has 0 saturated heterocycles. The van der Waals surface area contributed by atoms with E-state index in [0.29, 0.717) is 30.1 Å². The molecule has 0 aliphatic heterocycles. The number of aliphatic hydroxyl groups excluding tert-OH is 3. The molecular weight excluding hydrogens is 368 g/mol. The molecule has 0 radical (unpaired) electrons. The summed E-state index contributed by atoms with van der Waals surface area (Å²) >= 11 is 0. The van der Waals surface area contributed by atoms with E-state index in [2.05, 4.69) is 20.8 Å². The van der Waals surface area contributed by atoms with Crippen LogP contribution in [0.5, 0.6) is 0 Å². The van der Waals surface area contributed by atoms with Crippen LogP contribution < -0.4 is 0 Å². The highest BCUT2D eigenvalue weighted by Gasteiger charge is 2.65. The minimum Gasteiger partial charge on any atom is -0.481 e. The van der Waals surface area contributed by atoms with Crippen molar-refractivity contribution in [2.45, 2.75) is 96.9 Å². The van der Waals surface area contributed by atoms with Gasteiger partial charge >= 0.3 is 5.97 Å². The van der Waals surface area contributed by atoms with E-state index in [1.807, 2.05) is 0 Å². The lowest BCUT2D eigenvalue weighted by Crippen LogP contribution is -2.64. The highest BCUT2D eigenvalue weighted by Crippen LogP contribution is 2.68. The van der Waals surface area contributed by atoms with E-state index < -0.39 is 18.2 Å². The Bertz CT molecular complexity index is 637. The Labute approximate surface area is 174 Å². The third-order valence-corrected chi connectivity index (χ3v) is 10.3. The first-order valence-electron chi connectivity index (χ1n) is 11.9. The van der Waals surface area contributed by atoms with Gasteiger partial charge in [-0.1, -0.05) is 20.8 Å². The summed E-state index contributed by atoms with van der Waals surface area (Å²) in [5.41, 5.74) is 0.119. The van der Waals surface area contributed by atoms with Crippen molar-refractivity contribution in [3.63, 3.8) is 0 Å². The van der Waals surface area contributed by atoms with Gasteiger partial charge in [-0.05, 0) is 97.7 Å². The third-order valence-electron chi connectivity index (χ3n) is 10.3. The summed E-state index contributed by atoms with van der Waals surface area (Å²) in [6, 6.07) is 0. The lowest BCUT2D eigenvalue weighted by molar-refractivity contribution is -0.223. The fourth-order valence-corrected chi connectivity index (χ4v) is 8.77. The van der Waals surface area contributed by atoms with Crippen molar-refractivity contribution in [3.8, 4) is 0 Å². The van der Waals surface area contributed by atoms with Gasteiger partial charge < -0.3 is 20.4 Å².